The van der Waals surface area contributed by atoms with Crippen LogP contribution in [0.3, 0.4) is 0 Å². The summed E-state index contributed by atoms with van der Waals surface area (Å²) in [6.07, 6.45) is 7.59. The molecule has 3 fully saturated rings. The van der Waals surface area contributed by atoms with E-state index >= 15 is 0 Å². The lowest BCUT2D eigenvalue weighted by molar-refractivity contribution is -0.139. The van der Waals surface area contributed by atoms with Gasteiger partial charge in [0.25, 0.3) is 0 Å². The lowest BCUT2D eigenvalue weighted by atomic mass is 9.92. The number of benzene rings is 1. The molecule has 162 valence electrons. The van der Waals surface area contributed by atoms with Crippen molar-refractivity contribution in [1.29, 1.82) is 0 Å². The lowest BCUT2D eigenvalue weighted by Crippen LogP contribution is -2.49. The lowest BCUT2D eigenvalue weighted by Gasteiger charge is -2.34. The van der Waals surface area contributed by atoms with Crippen LogP contribution in [0, 0.1) is 11.8 Å². The normalized spacial score (nSPS) is 25.4. The zero-order chi connectivity index (χ0) is 21.1. The minimum atomic E-state index is -0.364. The number of halogens is 1. The highest BCUT2D eigenvalue weighted by Gasteiger charge is 2.39. The van der Waals surface area contributed by atoms with Crippen LogP contribution in [-0.4, -0.2) is 48.3 Å². The number of nitrogens with one attached hydrogen (secondary N) is 1. The second-order valence-electron chi connectivity index (χ2n) is 8.85. The van der Waals surface area contributed by atoms with Crippen molar-refractivity contribution in [1.82, 2.24) is 10.2 Å². The summed E-state index contributed by atoms with van der Waals surface area (Å²) in [5.41, 5.74) is 0.728. The minimum Gasteiger partial charge on any atom is -0.353 e. The van der Waals surface area contributed by atoms with Crippen LogP contribution in [0.4, 0.5) is 5.69 Å². The Labute approximate surface area is 182 Å². The zero-order valence-electron chi connectivity index (χ0n) is 17.3. The van der Waals surface area contributed by atoms with Crippen LogP contribution < -0.4 is 10.2 Å². The fourth-order valence-electron chi connectivity index (χ4n) is 4.98. The van der Waals surface area contributed by atoms with Crippen LogP contribution in [0.2, 0.25) is 5.02 Å². The van der Waals surface area contributed by atoms with E-state index in [9.17, 15) is 14.4 Å². The highest BCUT2D eigenvalue weighted by molar-refractivity contribution is 6.31. The number of hydrogen-bond acceptors (Lipinski definition) is 3. The third-order valence-corrected chi connectivity index (χ3v) is 6.88. The molecule has 2 saturated heterocycles. The van der Waals surface area contributed by atoms with Crippen LogP contribution in [-0.2, 0) is 14.4 Å². The van der Waals surface area contributed by atoms with E-state index in [1.165, 1.54) is 19.3 Å². The highest BCUT2D eigenvalue weighted by Crippen LogP contribution is 2.29. The second-order valence-corrected chi connectivity index (χ2v) is 9.29. The van der Waals surface area contributed by atoms with Crippen molar-refractivity contribution >= 4 is 35.0 Å². The first-order valence-corrected chi connectivity index (χ1v) is 11.5. The summed E-state index contributed by atoms with van der Waals surface area (Å²) in [6, 6.07) is 7.44. The molecule has 1 aromatic carbocycles. The number of likely N-dealkylation sites (tertiary alicyclic amines) is 1. The van der Waals surface area contributed by atoms with E-state index in [2.05, 4.69) is 5.32 Å². The summed E-state index contributed by atoms with van der Waals surface area (Å²) in [6.45, 7) is 1.49. The van der Waals surface area contributed by atoms with Crippen molar-refractivity contribution in [2.24, 2.45) is 11.8 Å². The van der Waals surface area contributed by atoms with Gasteiger partial charge in [0.1, 0.15) is 0 Å². The maximum Gasteiger partial charge on any atom is 0.228 e. The fraction of sp³-hybridized carbons (Fsp3) is 0.609. The van der Waals surface area contributed by atoms with Gasteiger partial charge in [-0.2, -0.15) is 0 Å². The molecule has 3 amide bonds. The second kappa shape index (κ2) is 9.38. The molecule has 2 aliphatic heterocycles. The van der Waals surface area contributed by atoms with Crippen molar-refractivity contribution < 1.29 is 14.4 Å². The molecule has 1 aromatic rings. The number of carbonyl (C=O) groups excluding carboxylic acids is 3. The number of anilines is 1. The first kappa shape index (κ1) is 21.2. The molecule has 2 atom stereocenters. The number of nitrogens with zero attached hydrogens (tertiary/aromatic N) is 2. The molecular weight excluding hydrogens is 402 g/mol. The van der Waals surface area contributed by atoms with Gasteiger partial charge in [-0.15, -0.1) is 0 Å². The number of carbonyl (C=O) groups is 3. The first-order chi connectivity index (χ1) is 14.5. The predicted octanol–water partition coefficient (Wildman–Crippen LogP) is 3.38. The molecular formula is C23H30ClN3O3. The third-order valence-electron chi connectivity index (χ3n) is 6.65. The zero-order valence-corrected chi connectivity index (χ0v) is 18.1. The molecule has 0 spiro atoms. The molecule has 2 unspecified atom stereocenters. The van der Waals surface area contributed by atoms with E-state index in [-0.39, 0.29) is 42.0 Å². The highest BCUT2D eigenvalue weighted by atomic mass is 35.5. The van der Waals surface area contributed by atoms with Crippen molar-refractivity contribution in [3.05, 3.63) is 29.3 Å². The van der Waals surface area contributed by atoms with E-state index in [0.29, 0.717) is 24.7 Å². The minimum absolute atomic E-state index is 0.0111. The third kappa shape index (κ3) is 4.80. The molecule has 3 aliphatic rings. The van der Waals surface area contributed by atoms with Gasteiger partial charge in [0.05, 0.1) is 11.8 Å². The van der Waals surface area contributed by atoms with Crippen molar-refractivity contribution in [3.63, 3.8) is 0 Å². The number of rotatable bonds is 4. The van der Waals surface area contributed by atoms with Gasteiger partial charge in [-0.3, -0.25) is 14.4 Å². The van der Waals surface area contributed by atoms with Gasteiger partial charge in [-0.05, 0) is 43.9 Å². The van der Waals surface area contributed by atoms with Gasteiger partial charge in [0.2, 0.25) is 17.7 Å². The standard InChI is InChI=1S/C23H30ClN3O3/c24-18-7-4-10-20(13-18)27-15-17(12-21(27)28)23(30)26-11-5-6-16(14-26)22(29)25-19-8-2-1-3-9-19/h4,7,10,13,16-17,19H,1-3,5-6,8-9,11-12,14-15H2,(H,25,29). The maximum atomic E-state index is 13.1. The Kier molecular flexibility index (Phi) is 6.61. The summed E-state index contributed by atoms with van der Waals surface area (Å²) >= 11 is 6.06. The molecule has 7 heteroatoms. The molecule has 0 bridgehead atoms. The van der Waals surface area contributed by atoms with Gasteiger partial charge >= 0.3 is 0 Å². The van der Waals surface area contributed by atoms with Gasteiger partial charge in [0.15, 0.2) is 0 Å². The SMILES string of the molecule is O=C(NC1CCCCC1)C1CCCN(C(=O)C2CC(=O)N(c3cccc(Cl)c3)C2)C1. The molecule has 0 aromatic heterocycles. The van der Waals surface area contributed by atoms with Crippen LogP contribution in [0.15, 0.2) is 24.3 Å². The first-order valence-electron chi connectivity index (χ1n) is 11.2. The Bertz CT molecular complexity index is 809. The average molecular weight is 432 g/mol. The Morgan fingerprint density at radius 1 is 1.00 bits per heavy atom. The quantitative estimate of drug-likeness (QED) is 0.794. The molecule has 6 nitrogen and oxygen atoms in total. The Morgan fingerprint density at radius 3 is 2.57 bits per heavy atom. The molecule has 1 saturated carbocycles. The van der Waals surface area contributed by atoms with Crippen LogP contribution >= 0.6 is 11.6 Å². The summed E-state index contributed by atoms with van der Waals surface area (Å²) in [5.74, 6) is -0.493. The van der Waals surface area contributed by atoms with E-state index in [1.807, 2.05) is 6.07 Å². The van der Waals surface area contributed by atoms with E-state index < -0.39 is 0 Å². The number of hydrogen-bond donors (Lipinski definition) is 1. The summed E-state index contributed by atoms with van der Waals surface area (Å²) < 4.78 is 0. The average Bonchev–Trinajstić information content (AvgIpc) is 3.15. The molecule has 4 rings (SSSR count). The van der Waals surface area contributed by atoms with E-state index in [4.69, 9.17) is 11.6 Å². The van der Waals surface area contributed by atoms with Gasteiger partial charge in [0, 0.05) is 42.8 Å². The van der Waals surface area contributed by atoms with Gasteiger partial charge < -0.3 is 15.1 Å². The molecule has 2 heterocycles. The van der Waals surface area contributed by atoms with E-state index in [0.717, 1.165) is 31.4 Å². The summed E-state index contributed by atoms with van der Waals surface area (Å²) in [4.78, 5) is 41.9. The van der Waals surface area contributed by atoms with Crippen LogP contribution in [0.1, 0.15) is 51.4 Å². The Balaban J connectivity index is 1.35. The van der Waals surface area contributed by atoms with Crippen molar-refractivity contribution in [2.45, 2.75) is 57.4 Å². The predicted molar refractivity (Wildman–Crippen MR) is 116 cm³/mol. The summed E-state index contributed by atoms with van der Waals surface area (Å²) in [5, 5.41) is 3.77. The largest absolute Gasteiger partial charge is 0.353 e. The summed E-state index contributed by atoms with van der Waals surface area (Å²) in [7, 11) is 0. The molecule has 0 radical (unpaired) electrons. The van der Waals surface area contributed by atoms with Crippen molar-refractivity contribution in [2.75, 3.05) is 24.5 Å². The number of amides is 3. The molecule has 1 N–H and O–H groups in total. The monoisotopic (exact) mass is 431 g/mol. The Morgan fingerprint density at radius 2 is 1.80 bits per heavy atom. The Hall–Kier alpha value is -2.08. The van der Waals surface area contributed by atoms with E-state index in [1.54, 1.807) is 28.0 Å². The maximum absolute atomic E-state index is 13.1. The number of piperidine rings is 1. The van der Waals surface area contributed by atoms with Gasteiger partial charge in [-0.1, -0.05) is 36.9 Å². The topological polar surface area (TPSA) is 69.7 Å². The fourth-order valence-corrected chi connectivity index (χ4v) is 5.17. The van der Waals surface area contributed by atoms with Crippen LogP contribution in [0.25, 0.3) is 0 Å². The molecule has 1 aliphatic carbocycles. The van der Waals surface area contributed by atoms with Crippen molar-refractivity contribution in [3.8, 4) is 0 Å². The smallest absolute Gasteiger partial charge is 0.228 e. The van der Waals surface area contributed by atoms with Gasteiger partial charge in [-0.25, -0.2) is 0 Å². The molecule has 30 heavy (non-hydrogen) atoms. The van der Waals surface area contributed by atoms with Crippen LogP contribution in [0.5, 0.6) is 0 Å².